The van der Waals surface area contributed by atoms with E-state index in [4.69, 9.17) is 10.3 Å². The monoisotopic (exact) mass is 347 g/mol. The van der Waals surface area contributed by atoms with E-state index >= 15 is 0 Å². The number of rotatable bonds is 2. The first-order valence-electron chi connectivity index (χ1n) is 5.05. The van der Waals surface area contributed by atoms with Crippen LogP contribution in [0.25, 0.3) is 11.5 Å². The van der Waals surface area contributed by atoms with E-state index in [1.165, 1.54) is 2.88 Å². The highest BCUT2D eigenvalue weighted by atomic mass is 127. The molecule has 3 rings (SSSR count). The molecule has 0 aromatic carbocycles. The van der Waals surface area contributed by atoms with E-state index in [2.05, 4.69) is 32.7 Å². The predicted molar refractivity (Wildman–Crippen MR) is 70.0 cm³/mol. The van der Waals surface area contributed by atoms with Gasteiger partial charge in [0.2, 0.25) is 0 Å². The Labute approximate surface area is 110 Å². The Morgan fingerprint density at radius 2 is 2.31 bits per heavy atom. The summed E-state index contributed by atoms with van der Waals surface area (Å²) in [5.41, 5.74) is 6.78. The average molecular weight is 347 g/mol. The predicted octanol–water partition coefficient (Wildman–Crippen LogP) is 2.74. The minimum atomic E-state index is -0.342. The summed E-state index contributed by atoms with van der Waals surface area (Å²) < 4.78 is 6.46. The van der Waals surface area contributed by atoms with Gasteiger partial charge in [0, 0.05) is 5.38 Å². The Balaban J connectivity index is 1.93. The fourth-order valence-corrected chi connectivity index (χ4v) is 3.07. The molecule has 0 radical (unpaired) electrons. The number of nitrogens with two attached hydrogens (primary N) is 1. The van der Waals surface area contributed by atoms with Gasteiger partial charge in [-0.05, 0) is 47.9 Å². The van der Waals surface area contributed by atoms with Crippen molar-refractivity contribution in [1.29, 1.82) is 0 Å². The highest BCUT2D eigenvalue weighted by Gasteiger charge is 2.39. The van der Waals surface area contributed by atoms with E-state index in [0.29, 0.717) is 11.7 Å². The number of hydrogen-bond acceptors (Lipinski definition) is 5. The maximum Gasteiger partial charge on any atom is 0.258 e. The second-order valence-corrected chi connectivity index (χ2v) is 6.88. The molecule has 2 N–H and O–H groups in total. The summed E-state index contributed by atoms with van der Waals surface area (Å²) in [4.78, 5) is 4.39. The molecular weight excluding hydrogens is 337 g/mol. The SMILES string of the molecule is NC1(c2noc(-c3csc(I)c3)n2)CCC1. The third kappa shape index (κ3) is 1.68. The van der Waals surface area contributed by atoms with Gasteiger partial charge in [0.25, 0.3) is 5.89 Å². The lowest BCUT2D eigenvalue weighted by atomic mass is 9.77. The molecule has 2 aromatic rings. The van der Waals surface area contributed by atoms with Crippen molar-refractivity contribution >= 4 is 33.9 Å². The van der Waals surface area contributed by atoms with Crippen molar-refractivity contribution in [2.45, 2.75) is 24.8 Å². The Bertz CT molecular complexity index is 518. The zero-order valence-electron chi connectivity index (χ0n) is 8.44. The zero-order chi connectivity index (χ0) is 11.2. The molecule has 6 heteroatoms. The van der Waals surface area contributed by atoms with Gasteiger partial charge in [0.15, 0.2) is 5.82 Å². The van der Waals surface area contributed by atoms with Crippen molar-refractivity contribution in [3.63, 3.8) is 0 Å². The van der Waals surface area contributed by atoms with Crippen molar-refractivity contribution in [3.8, 4) is 11.5 Å². The molecule has 0 spiro atoms. The van der Waals surface area contributed by atoms with Crippen LogP contribution in [0, 0.1) is 2.88 Å². The molecule has 0 bridgehead atoms. The van der Waals surface area contributed by atoms with Crippen LogP contribution in [-0.4, -0.2) is 10.1 Å². The fraction of sp³-hybridized carbons (Fsp3) is 0.400. The van der Waals surface area contributed by atoms with Crippen molar-refractivity contribution in [2.75, 3.05) is 0 Å². The average Bonchev–Trinajstić information content (AvgIpc) is 2.82. The topological polar surface area (TPSA) is 64.9 Å². The summed E-state index contributed by atoms with van der Waals surface area (Å²) >= 11 is 3.94. The van der Waals surface area contributed by atoms with Crippen molar-refractivity contribution in [3.05, 3.63) is 20.2 Å². The van der Waals surface area contributed by atoms with Crippen LogP contribution in [-0.2, 0) is 5.54 Å². The molecule has 16 heavy (non-hydrogen) atoms. The van der Waals surface area contributed by atoms with E-state index in [1.807, 2.05) is 11.4 Å². The molecule has 4 nitrogen and oxygen atoms in total. The van der Waals surface area contributed by atoms with E-state index < -0.39 is 0 Å². The third-order valence-corrected chi connectivity index (χ3v) is 4.72. The number of thiophene rings is 1. The van der Waals surface area contributed by atoms with Gasteiger partial charge in [0.05, 0.1) is 14.0 Å². The molecular formula is C10H10IN3OS. The summed E-state index contributed by atoms with van der Waals surface area (Å²) in [6, 6.07) is 2.03. The van der Waals surface area contributed by atoms with Gasteiger partial charge in [-0.15, -0.1) is 11.3 Å². The molecule has 0 amide bonds. The van der Waals surface area contributed by atoms with Gasteiger partial charge in [0.1, 0.15) is 0 Å². The zero-order valence-corrected chi connectivity index (χ0v) is 11.4. The Morgan fingerprint density at radius 1 is 1.50 bits per heavy atom. The molecule has 2 heterocycles. The highest BCUT2D eigenvalue weighted by Crippen LogP contribution is 2.38. The number of nitrogens with zero attached hydrogens (tertiary/aromatic N) is 2. The van der Waals surface area contributed by atoms with Crippen LogP contribution in [0.2, 0.25) is 0 Å². The number of halogens is 1. The second kappa shape index (κ2) is 3.78. The van der Waals surface area contributed by atoms with Crippen LogP contribution in [0.3, 0.4) is 0 Å². The molecule has 1 aliphatic rings. The van der Waals surface area contributed by atoms with Crippen LogP contribution in [0.4, 0.5) is 0 Å². The van der Waals surface area contributed by atoms with Crippen LogP contribution in [0.15, 0.2) is 16.0 Å². The van der Waals surface area contributed by atoms with E-state index in [1.54, 1.807) is 11.3 Å². The maximum absolute atomic E-state index is 6.14. The first-order valence-corrected chi connectivity index (χ1v) is 7.01. The van der Waals surface area contributed by atoms with Gasteiger partial charge < -0.3 is 10.3 Å². The first-order chi connectivity index (χ1) is 7.67. The molecule has 1 saturated carbocycles. The fourth-order valence-electron chi connectivity index (χ4n) is 1.75. The summed E-state index contributed by atoms with van der Waals surface area (Å²) in [5.74, 6) is 1.22. The maximum atomic E-state index is 6.14. The van der Waals surface area contributed by atoms with Gasteiger partial charge in [-0.3, -0.25) is 0 Å². The Hall–Kier alpha value is -0.470. The smallest absolute Gasteiger partial charge is 0.258 e. The lowest BCUT2D eigenvalue weighted by molar-refractivity contribution is 0.229. The van der Waals surface area contributed by atoms with Crippen molar-refractivity contribution < 1.29 is 4.52 Å². The highest BCUT2D eigenvalue weighted by molar-refractivity contribution is 14.1. The van der Waals surface area contributed by atoms with Gasteiger partial charge in [-0.1, -0.05) is 5.16 Å². The molecule has 1 fully saturated rings. The van der Waals surface area contributed by atoms with Crippen LogP contribution in [0.5, 0.6) is 0 Å². The van der Waals surface area contributed by atoms with E-state index in [9.17, 15) is 0 Å². The van der Waals surface area contributed by atoms with Crippen LogP contribution in [0.1, 0.15) is 25.1 Å². The van der Waals surface area contributed by atoms with Gasteiger partial charge in [-0.25, -0.2) is 0 Å². The molecule has 1 aliphatic carbocycles. The Morgan fingerprint density at radius 3 is 2.88 bits per heavy atom. The summed E-state index contributed by atoms with van der Waals surface area (Å²) in [6.45, 7) is 0. The number of hydrogen-bond donors (Lipinski definition) is 1. The van der Waals surface area contributed by atoms with Gasteiger partial charge >= 0.3 is 0 Å². The summed E-state index contributed by atoms with van der Waals surface area (Å²) in [5, 5.41) is 6.00. The van der Waals surface area contributed by atoms with Crippen LogP contribution >= 0.6 is 33.9 Å². The first kappa shape index (κ1) is 10.7. The largest absolute Gasteiger partial charge is 0.334 e. The minimum Gasteiger partial charge on any atom is -0.334 e. The van der Waals surface area contributed by atoms with Crippen molar-refractivity contribution in [2.24, 2.45) is 5.73 Å². The Kier molecular flexibility index (Phi) is 2.52. The molecule has 0 unspecified atom stereocenters. The van der Waals surface area contributed by atoms with E-state index in [-0.39, 0.29) is 5.54 Å². The minimum absolute atomic E-state index is 0.342. The molecule has 84 valence electrons. The molecule has 2 aromatic heterocycles. The normalized spacial score (nSPS) is 18.4. The second-order valence-electron chi connectivity index (χ2n) is 4.07. The lowest BCUT2D eigenvalue weighted by Crippen LogP contribution is -2.44. The van der Waals surface area contributed by atoms with Crippen LogP contribution < -0.4 is 5.73 Å². The quantitative estimate of drug-likeness (QED) is 0.849. The molecule has 0 atom stereocenters. The van der Waals surface area contributed by atoms with E-state index in [0.717, 1.165) is 24.8 Å². The standard InChI is InChI=1S/C10H10IN3OS/c11-7-4-6(5-16-7)8-13-9(14-15-8)10(12)2-1-3-10/h4-5H,1-3,12H2. The summed E-state index contributed by atoms with van der Waals surface area (Å²) in [7, 11) is 0. The summed E-state index contributed by atoms with van der Waals surface area (Å²) in [6.07, 6.45) is 3.05. The molecule has 0 saturated heterocycles. The van der Waals surface area contributed by atoms with Gasteiger partial charge in [-0.2, -0.15) is 4.98 Å². The number of aromatic nitrogens is 2. The lowest BCUT2D eigenvalue weighted by Gasteiger charge is -2.34. The third-order valence-electron chi connectivity index (χ3n) is 2.93. The van der Waals surface area contributed by atoms with Crippen molar-refractivity contribution in [1.82, 2.24) is 10.1 Å². The molecule has 0 aliphatic heterocycles.